The van der Waals surface area contributed by atoms with Gasteiger partial charge in [-0.05, 0) is 50.4 Å². The summed E-state index contributed by atoms with van der Waals surface area (Å²) in [5, 5.41) is 12.4. The first-order valence-electron chi connectivity index (χ1n) is 9.31. The van der Waals surface area contributed by atoms with Gasteiger partial charge in [0, 0.05) is 12.5 Å². The van der Waals surface area contributed by atoms with E-state index in [9.17, 15) is 19.5 Å². The molecule has 7 heteroatoms. The smallest absolute Gasteiger partial charge is 0.408 e. The van der Waals surface area contributed by atoms with E-state index in [0.717, 1.165) is 12.8 Å². The maximum atomic E-state index is 13.2. The molecule has 1 unspecified atom stereocenters. The average molecular weight is 366 g/mol. The Bertz CT molecular complexity index is 641. The van der Waals surface area contributed by atoms with Gasteiger partial charge in [0.15, 0.2) is 0 Å². The zero-order valence-electron chi connectivity index (χ0n) is 16.5. The fraction of sp³-hybridized carbons (Fsp3) is 0.842. The summed E-state index contributed by atoms with van der Waals surface area (Å²) in [5.74, 6) is -0.904. The van der Waals surface area contributed by atoms with Gasteiger partial charge in [0.05, 0.1) is 0 Å². The molecule has 1 saturated heterocycles. The third-order valence-electron chi connectivity index (χ3n) is 5.93. The number of hydrogen-bond donors (Lipinski definition) is 2. The van der Waals surface area contributed by atoms with Crippen LogP contribution >= 0.6 is 0 Å². The highest BCUT2D eigenvalue weighted by Crippen LogP contribution is 2.78. The van der Waals surface area contributed by atoms with Crippen LogP contribution in [0, 0.1) is 22.7 Å². The van der Waals surface area contributed by atoms with E-state index < -0.39 is 35.2 Å². The monoisotopic (exact) mass is 366 g/mol. The van der Waals surface area contributed by atoms with Crippen LogP contribution < -0.4 is 5.32 Å². The molecule has 2 saturated carbocycles. The Hall–Kier alpha value is -1.79. The fourth-order valence-electron chi connectivity index (χ4n) is 4.56. The first kappa shape index (κ1) is 19.0. The molecule has 2 aliphatic carbocycles. The van der Waals surface area contributed by atoms with Gasteiger partial charge in [-0.15, -0.1) is 0 Å². The van der Waals surface area contributed by atoms with E-state index in [4.69, 9.17) is 4.74 Å². The van der Waals surface area contributed by atoms with Gasteiger partial charge in [-0.25, -0.2) is 9.59 Å². The van der Waals surface area contributed by atoms with E-state index >= 15 is 0 Å². The molecule has 7 nitrogen and oxygen atoms in total. The summed E-state index contributed by atoms with van der Waals surface area (Å²) in [4.78, 5) is 38.7. The Kier molecular flexibility index (Phi) is 4.09. The molecule has 2 N–H and O–H groups in total. The number of fused-ring (bicyclic) bond motifs is 3. The molecule has 0 bridgehead atoms. The van der Waals surface area contributed by atoms with E-state index in [-0.39, 0.29) is 17.2 Å². The lowest BCUT2D eigenvalue weighted by Gasteiger charge is -2.36. The van der Waals surface area contributed by atoms with Crippen molar-refractivity contribution in [2.75, 3.05) is 6.54 Å². The van der Waals surface area contributed by atoms with E-state index in [1.807, 2.05) is 20.8 Å². The predicted molar refractivity (Wildman–Crippen MR) is 94.4 cm³/mol. The number of ether oxygens (including phenoxy) is 1. The first-order valence-corrected chi connectivity index (χ1v) is 9.31. The summed E-state index contributed by atoms with van der Waals surface area (Å²) in [6.07, 6.45) is 1.49. The van der Waals surface area contributed by atoms with Gasteiger partial charge < -0.3 is 20.1 Å². The van der Waals surface area contributed by atoms with Crippen molar-refractivity contribution in [1.82, 2.24) is 10.2 Å². The number of aliphatic carboxylic acids is 1. The Morgan fingerprint density at radius 1 is 1.15 bits per heavy atom. The van der Waals surface area contributed by atoms with Crippen LogP contribution in [0.1, 0.15) is 54.4 Å². The zero-order valence-corrected chi connectivity index (χ0v) is 16.5. The van der Waals surface area contributed by atoms with Crippen LogP contribution in [0.5, 0.6) is 0 Å². The van der Waals surface area contributed by atoms with Crippen LogP contribution in [-0.4, -0.2) is 52.2 Å². The number of likely N-dealkylation sites (tertiary alicyclic amines) is 1. The highest BCUT2D eigenvalue weighted by atomic mass is 16.6. The predicted octanol–water partition coefficient (Wildman–Crippen LogP) is 2.25. The van der Waals surface area contributed by atoms with Gasteiger partial charge in [0.25, 0.3) is 0 Å². The minimum atomic E-state index is -0.945. The second kappa shape index (κ2) is 5.60. The summed E-state index contributed by atoms with van der Waals surface area (Å²) >= 11 is 0. The molecule has 0 aromatic rings. The van der Waals surface area contributed by atoms with Crippen molar-refractivity contribution in [2.24, 2.45) is 22.7 Å². The minimum absolute atomic E-state index is 0.0751. The Morgan fingerprint density at radius 2 is 1.73 bits per heavy atom. The maximum absolute atomic E-state index is 13.2. The van der Waals surface area contributed by atoms with Crippen molar-refractivity contribution < 1.29 is 24.2 Å². The van der Waals surface area contributed by atoms with Crippen molar-refractivity contribution in [1.29, 1.82) is 0 Å². The lowest BCUT2D eigenvalue weighted by molar-refractivity contribution is -0.152. The number of hydrogen-bond acceptors (Lipinski definition) is 4. The van der Waals surface area contributed by atoms with Crippen LogP contribution in [0.15, 0.2) is 0 Å². The number of nitrogens with one attached hydrogen (secondary N) is 1. The van der Waals surface area contributed by atoms with Gasteiger partial charge in [0.2, 0.25) is 5.91 Å². The molecule has 3 aliphatic rings. The van der Waals surface area contributed by atoms with Crippen molar-refractivity contribution in [3.8, 4) is 0 Å². The van der Waals surface area contributed by atoms with Crippen molar-refractivity contribution in [3.05, 3.63) is 0 Å². The molecule has 146 valence electrons. The molecule has 1 spiro atoms. The largest absolute Gasteiger partial charge is 0.480 e. The van der Waals surface area contributed by atoms with Gasteiger partial charge >= 0.3 is 12.1 Å². The van der Waals surface area contributed by atoms with Crippen LogP contribution in [0.3, 0.4) is 0 Å². The molecule has 0 aromatic carbocycles. The summed E-state index contributed by atoms with van der Waals surface area (Å²) in [6, 6.07) is -1.62. The van der Waals surface area contributed by atoms with E-state index in [1.54, 1.807) is 20.8 Å². The number of carboxylic acid groups (broad SMARTS) is 1. The number of amides is 2. The standard InChI is InChI=1S/C19H30N2O5/c1-17(2,3)13(20-16(25)26-18(4,5)6)14(22)21-9-10-11(12(21)15(23)24)19(10)7-8-19/h10-13H,7-9H2,1-6H3,(H,20,25)(H,23,24)/t10-,11-,12-,13?/m0/s1. The molecule has 3 fully saturated rings. The van der Waals surface area contributed by atoms with Crippen molar-refractivity contribution in [2.45, 2.75) is 72.1 Å². The van der Waals surface area contributed by atoms with E-state index in [0.29, 0.717) is 12.5 Å². The Balaban J connectivity index is 1.76. The highest BCUT2D eigenvalue weighted by Gasteiger charge is 2.79. The second-order valence-electron chi connectivity index (χ2n) is 10.1. The molecular formula is C19H30N2O5. The maximum Gasteiger partial charge on any atom is 0.408 e. The molecule has 0 aromatic heterocycles. The lowest BCUT2D eigenvalue weighted by Crippen LogP contribution is -2.58. The molecule has 2 amide bonds. The molecule has 4 atom stereocenters. The van der Waals surface area contributed by atoms with Crippen LogP contribution in [0.4, 0.5) is 4.79 Å². The van der Waals surface area contributed by atoms with Crippen molar-refractivity contribution in [3.63, 3.8) is 0 Å². The third kappa shape index (κ3) is 3.16. The molecule has 0 radical (unpaired) electrons. The molecular weight excluding hydrogens is 336 g/mol. The number of piperidine rings is 1. The molecule has 1 aliphatic heterocycles. The molecule has 1 heterocycles. The fourth-order valence-corrected chi connectivity index (χ4v) is 4.56. The van der Waals surface area contributed by atoms with Crippen LogP contribution in [-0.2, 0) is 14.3 Å². The Morgan fingerprint density at radius 3 is 2.15 bits per heavy atom. The van der Waals surface area contributed by atoms with E-state index in [2.05, 4.69) is 5.32 Å². The van der Waals surface area contributed by atoms with Crippen LogP contribution in [0.25, 0.3) is 0 Å². The van der Waals surface area contributed by atoms with E-state index in [1.165, 1.54) is 4.90 Å². The topological polar surface area (TPSA) is 95.9 Å². The number of nitrogens with zero attached hydrogens (tertiary/aromatic N) is 1. The molecule has 26 heavy (non-hydrogen) atoms. The number of rotatable bonds is 3. The van der Waals surface area contributed by atoms with Crippen LogP contribution in [0.2, 0.25) is 0 Å². The SMILES string of the molecule is CC(C)(C)OC(=O)NC(C(=O)N1C[C@H]2[C@@H]([C@H]1C(=O)O)C21CC1)C(C)(C)C. The van der Waals surface area contributed by atoms with Crippen molar-refractivity contribution >= 4 is 18.0 Å². The van der Waals surface area contributed by atoms with Gasteiger partial charge in [-0.2, -0.15) is 0 Å². The summed E-state index contributed by atoms with van der Waals surface area (Å²) in [5.41, 5.74) is -1.05. The summed E-state index contributed by atoms with van der Waals surface area (Å²) < 4.78 is 5.29. The number of carboxylic acids is 1. The number of alkyl carbamates (subject to hydrolysis) is 1. The van der Waals surface area contributed by atoms with Gasteiger partial charge in [-0.1, -0.05) is 20.8 Å². The van der Waals surface area contributed by atoms with Gasteiger partial charge in [0.1, 0.15) is 17.7 Å². The second-order valence-corrected chi connectivity index (χ2v) is 10.1. The first-order chi connectivity index (χ1) is 11.8. The summed E-state index contributed by atoms with van der Waals surface area (Å²) in [7, 11) is 0. The average Bonchev–Trinajstić information content (AvgIpc) is 3.29. The Labute approximate surface area is 154 Å². The molecule has 3 rings (SSSR count). The zero-order chi connectivity index (χ0) is 19.7. The summed E-state index contributed by atoms with van der Waals surface area (Å²) in [6.45, 7) is 11.3. The highest BCUT2D eigenvalue weighted by molar-refractivity contribution is 5.91. The minimum Gasteiger partial charge on any atom is -0.480 e. The number of carbonyl (C=O) groups excluding carboxylic acids is 2. The number of carbonyl (C=O) groups is 3. The quantitative estimate of drug-likeness (QED) is 0.799. The van der Waals surface area contributed by atoms with Gasteiger partial charge in [-0.3, -0.25) is 4.79 Å². The third-order valence-corrected chi connectivity index (χ3v) is 5.93. The lowest BCUT2D eigenvalue weighted by atomic mass is 9.85. The normalized spacial score (nSPS) is 29.8.